The van der Waals surface area contributed by atoms with E-state index in [9.17, 15) is 0 Å². The average molecular weight is 165 g/mol. The molecule has 0 amide bonds. The standard InChI is InChI=1S/ClH.3FH.Ge/h4*1H;/q;;;;+4/p-4. The van der Waals surface area contributed by atoms with Gasteiger partial charge in [-0.2, -0.15) is 0 Å². The van der Waals surface area contributed by atoms with Crippen molar-refractivity contribution < 1.29 is 26.5 Å². The van der Waals surface area contributed by atoms with Crippen molar-refractivity contribution in [2.75, 3.05) is 0 Å². The molecule has 0 rings (SSSR count). The van der Waals surface area contributed by atoms with Crippen molar-refractivity contribution in [2.24, 2.45) is 0 Å². The van der Waals surface area contributed by atoms with Gasteiger partial charge < -0.3 is 26.5 Å². The molecule has 0 atom stereocenters. The van der Waals surface area contributed by atoms with Gasteiger partial charge in [0.25, 0.3) is 0 Å². The quantitative estimate of drug-likeness (QED) is 0.313. The van der Waals surface area contributed by atoms with Crippen molar-refractivity contribution in [3.8, 4) is 0 Å². The summed E-state index contributed by atoms with van der Waals surface area (Å²) in [5.74, 6) is 0. The second-order valence-electron chi connectivity index (χ2n) is 0. The summed E-state index contributed by atoms with van der Waals surface area (Å²) in [6.07, 6.45) is 0. The number of hydrogen-bond donors (Lipinski definition) is 0. The Kier molecular flexibility index (Phi) is 9690. The van der Waals surface area contributed by atoms with Crippen LogP contribution in [0, 0.1) is 0 Å². The molecule has 0 fully saturated rings. The fourth-order valence-corrected chi connectivity index (χ4v) is 0. The van der Waals surface area contributed by atoms with E-state index in [1.165, 1.54) is 0 Å². The van der Waals surface area contributed by atoms with Crippen molar-refractivity contribution in [2.45, 2.75) is 0 Å². The molecule has 0 aromatic carbocycles. The summed E-state index contributed by atoms with van der Waals surface area (Å²) in [7, 11) is 0. The molecule has 0 nitrogen and oxygen atoms in total. The summed E-state index contributed by atoms with van der Waals surface area (Å²) in [6, 6.07) is 0. The van der Waals surface area contributed by atoms with Gasteiger partial charge in [0.05, 0.1) is 0 Å². The summed E-state index contributed by atoms with van der Waals surface area (Å²) in [5.41, 5.74) is 0. The molecule has 0 unspecified atom stereocenters. The normalized spacial score (nSPS) is 0. The molecule has 0 aliphatic rings. The third-order valence-electron chi connectivity index (χ3n) is 0. The second-order valence-corrected chi connectivity index (χ2v) is 0. The van der Waals surface area contributed by atoms with E-state index >= 15 is 0 Å². The van der Waals surface area contributed by atoms with E-state index in [1.54, 1.807) is 0 Å². The van der Waals surface area contributed by atoms with Crippen LogP contribution in [0.15, 0.2) is 0 Å². The van der Waals surface area contributed by atoms with Crippen LogP contribution in [0.1, 0.15) is 0 Å². The maximum absolute atomic E-state index is 0. The molecule has 0 aliphatic heterocycles. The topological polar surface area (TPSA) is 0 Å². The minimum atomic E-state index is 0. The molecule has 0 N–H and O–H groups in total. The molecule has 0 heterocycles. The molecule has 0 aromatic rings. The molecule has 5 heavy (non-hydrogen) atoms. The Morgan fingerprint density at radius 2 is 0.600 bits per heavy atom. The van der Waals surface area contributed by atoms with Gasteiger partial charge in [-0.15, -0.1) is 0 Å². The van der Waals surface area contributed by atoms with Crippen LogP contribution in [-0.2, 0) is 0 Å². The zero-order valence-electron chi connectivity index (χ0n) is 2.01. The van der Waals surface area contributed by atoms with E-state index in [0.717, 1.165) is 0 Å². The molecule has 0 aromatic heterocycles. The van der Waals surface area contributed by atoms with Gasteiger partial charge in [0.15, 0.2) is 0 Å². The van der Waals surface area contributed by atoms with Crippen molar-refractivity contribution in [1.29, 1.82) is 0 Å². The van der Waals surface area contributed by atoms with Crippen LogP contribution in [0.2, 0.25) is 0 Å². The van der Waals surface area contributed by atoms with E-state index < -0.39 is 0 Å². The van der Waals surface area contributed by atoms with Crippen LogP contribution in [0.4, 0.5) is 0 Å². The fraction of sp³-hybridized carbons (Fsp3) is 0. The predicted octanol–water partition coefficient (Wildman–Crippen LogP) is -12.4. The van der Waals surface area contributed by atoms with Crippen LogP contribution in [0.25, 0.3) is 0 Å². The first-order valence-corrected chi connectivity index (χ1v) is 0. The molecule has 32 valence electrons. The van der Waals surface area contributed by atoms with Gasteiger partial charge >= 0.3 is 17.6 Å². The summed E-state index contributed by atoms with van der Waals surface area (Å²) in [5, 5.41) is 0. The molecule has 0 radical (unpaired) electrons. The van der Waals surface area contributed by atoms with Crippen LogP contribution in [0.5, 0.6) is 0 Å². The van der Waals surface area contributed by atoms with Gasteiger partial charge in [-0.05, 0) is 0 Å². The van der Waals surface area contributed by atoms with Crippen LogP contribution in [-0.4, -0.2) is 17.6 Å². The second kappa shape index (κ2) is 156. The monoisotopic (exact) mass is 166 g/mol. The third-order valence-corrected chi connectivity index (χ3v) is 0. The number of halogens is 4. The summed E-state index contributed by atoms with van der Waals surface area (Å²) in [4.78, 5) is 0. The Morgan fingerprint density at radius 1 is 0.600 bits per heavy atom. The molecule has 0 aliphatic carbocycles. The van der Waals surface area contributed by atoms with E-state index in [4.69, 9.17) is 0 Å². The smallest absolute Gasteiger partial charge is 1.00 e. The molecule has 0 saturated heterocycles. The molecule has 0 spiro atoms. The van der Waals surface area contributed by atoms with Gasteiger partial charge in [0.1, 0.15) is 0 Å². The number of rotatable bonds is 0. The Labute approximate surface area is 44.8 Å². The van der Waals surface area contributed by atoms with E-state index in [0.29, 0.717) is 0 Å². The van der Waals surface area contributed by atoms with Crippen LogP contribution < -0.4 is 26.5 Å². The van der Waals surface area contributed by atoms with Crippen molar-refractivity contribution >= 4 is 17.6 Å². The maximum atomic E-state index is 0. The Morgan fingerprint density at radius 3 is 0.600 bits per heavy atom. The van der Waals surface area contributed by atoms with Crippen molar-refractivity contribution in [3.63, 3.8) is 0 Å². The molecular weight excluding hydrogens is 165 g/mol. The van der Waals surface area contributed by atoms with E-state index in [-0.39, 0.29) is 44.1 Å². The minimum absolute atomic E-state index is 0. The predicted molar refractivity (Wildman–Crippen MR) is 5.75 cm³/mol. The largest absolute Gasteiger partial charge is 4.00 e. The Bertz CT molecular complexity index is 6.85. The summed E-state index contributed by atoms with van der Waals surface area (Å²) < 4.78 is 0. The van der Waals surface area contributed by atoms with Gasteiger partial charge in [-0.1, -0.05) is 0 Å². The zero-order valence-corrected chi connectivity index (χ0v) is 4.87. The third kappa shape index (κ3) is 82.0. The van der Waals surface area contributed by atoms with Crippen molar-refractivity contribution in [1.82, 2.24) is 0 Å². The first kappa shape index (κ1) is 310. The van der Waals surface area contributed by atoms with Gasteiger partial charge in [-0.25, -0.2) is 0 Å². The van der Waals surface area contributed by atoms with Crippen LogP contribution >= 0.6 is 0 Å². The molecule has 0 bridgehead atoms. The first-order chi connectivity index (χ1) is 0. The molecule has 0 saturated carbocycles. The maximum Gasteiger partial charge on any atom is 4.00 e. The minimum Gasteiger partial charge on any atom is -1.00 e. The van der Waals surface area contributed by atoms with E-state index in [2.05, 4.69) is 0 Å². The van der Waals surface area contributed by atoms with E-state index in [1.807, 2.05) is 0 Å². The Hall–Kier alpha value is 0.623. The Balaban J connectivity index is 0. The fourth-order valence-electron chi connectivity index (χ4n) is 0. The van der Waals surface area contributed by atoms with Gasteiger partial charge in [0.2, 0.25) is 0 Å². The average Bonchev–Trinajstić information content (AvgIpc) is 0. The van der Waals surface area contributed by atoms with Gasteiger partial charge in [0, 0.05) is 0 Å². The molecule has 5 heteroatoms. The summed E-state index contributed by atoms with van der Waals surface area (Å²) in [6.45, 7) is 0. The zero-order chi connectivity index (χ0) is 0. The number of hydrogen-bond acceptors (Lipinski definition) is 0. The molecular formula is ClF3Ge. The SMILES string of the molecule is [Cl-].[F-].[F-].[F-].[Ge+4]. The van der Waals surface area contributed by atoms with Gasteiger partial charge in [-0.3, -0.25) is 0 Å². The first-order valence-electron chi connectivity index (χ1n) is 0. The summed E-state index contributed by atoms with van der Waals surface area (Å²) >= 11 is 0. The van der Waals surface area contributed by atoms with Crippen LogP contribution in [0.3, 0.4) is 0 Å². The van der Waals surface area contributed by atoms with Crippen molar-refractivity contribution in [3.05, 3.63) is 0 Å².